The molecule has 6 nitrogen and oxygen atoms in total. The van der Waals surface area contributed by atoms with Crippen molar-refractivity contribution >= 4 is 5.69 Å². The molecule has 0 unspecified atom stereocenters. The molecule has 6 heteroatoms. The highest BCUT2D eigenvalue weighted by Gasteiger charge is 2.02. The van der Waals surface area contributed by atoms with E-state index in [1.165, 1.54) is 10.7 Å². The highest BCUT2D eigenvalue weighted by atomic mass is 16.1. The van der Waals surface area contributed by atoms with Crippen molar-refractivity contribution in [3.63, 3.8) is 0 Å². The molecule has 0 saturated heterocycles. The largest absolute Gasteiger partial charge is 0.387 e. The van der Waals surface area contributed by atoms with Gasteiger partial charge >= 0.3 is 0 Å². The quantitative estimate of drug-likeness (QED) is 0.837. The number of rotatable bonds is 4. The lowest BCUT2D eigenvalue weighted by atomic mass is 10.3. The van der Waals surface area contributed by atoms with E-state index in [9.17, 15) is 4.79 Å². The molecule has 0 aliphatic carbocycles. The molecular weight excluding hydrogens is 218 g/mol. The van der Waals surface area contributed by atoms with Crippen LogP contribution in [0.2, 0.25) is 0 Å². The average Bonchev–Trinajstić information content (AvgIpc) is 2.79. The summed E-state index contributed by atoms with van der Waals surface area (Å²) < 4.78 is 3.24. The van der Waals surface area contributed by atoms with Crippen LogP contribution >= 0.6 is 0 Å². The van der Waals surface area contributed by atoms with Crippen LogP contribution < -0.4 is 10.9 Å². The second-order valence-electron chi connectivity index (χ2n) is 3.69. The van der Waals surface area contributed by atoms with Gasteiger partial charge in [0, 0.05) is 31.4 Å². The lowest BCUT2D eigenvalue weighted by Gasteiger charge is -2.03. The Hall–Kier alpha value is -2.11. The number of hydrogen-bond acceptors (Lipinski definition) is 4. The first kappa shape index (κ1) is 11.4. The molecule has 0 fully saturated rings. The van der Waals surface area contributed by atoms with Crippen molar-refractivity contribution in [1.29, 1.82) is 0 Å². The van der Waals surface area contributed by atoms with Crippen LogP contribution in [0.3, 0.4) is 0 Å². The molecule has 0 aromatic carbocycles. The highest BCUT2D eigenvalue weighted by Crippen LogP contribution is 2.01. The molecule has 2 heterocycles. The van der Waals surface area contributed by atoms with Crippen molar-refractivity contribution in [1.82, 2.24) is 19.6 Å². The minimum absolute atomic E-state index is 0.124. The molecular formula is C11H15N5O. The van der Waals surface area contributed by atoms with Crippen LogP contribution in [0.4, 0.5) is 5.69 Å². The van der Waals surface area contributed by atoms with Crippen molar-refractivity contribution < 1.29 is 0 Å². The average molecular weight is 233 g/mol. The molecule has 90 valence electrons. The summed E-state index contributed by atoms with van der Waals surface area (Å²) in [6, 6.07) is 1.53. The number of nitrogens with one attached hydrogen (secondary N) is 1. The standard InChI is InChI=1S/C11H15N5O/c1-3-15-7-9(5-13-15)8-16-11(17)4-10(12-2)6-14-16/h4-7,12H,3,8H2,1-2H3. The summed E-state index contributed by atoms with van der Waals surface area (Å²) in [6.45, 7) is 3.28. The molecule has 2 rings (SSSR count). The molecule has 1 N–H and O–H groups in total. The van der Waals surface area contributed by atoms with E-state index >= 15 is 0 Å². The van der Waals surface area contributed by atoms with Gasteiger partial charge in [0.05, 0.1) is 24.6 Å². The fraction of sp³-hybridized carbons (Fsp3) is 0.364. The van der Waals surface area contributed by atoms with Gasteiger partial charge in [0.2, 0.25) is 0 Å². The summed E-state index contributed by atoms with van der Waals surface area (Å²) in [4.78, 5) is 11.7. The Morgan fingerprint density at radius 1 is 1.35 bits per heavy atom. The van der Waals surface area contributed by atoms with E-state index in [0.717, 1.165) is 17.8 Å². The van der Waals surface area contributed by atoms with E-state index in [1.54, 1.807) is 19.4 Å². The van der Waals surface area contributed by atoms with Crippen LogP contribution in [0.1, 0.15) is 12.5 Å². The Kier molecular flexibility index (Phi) is 3.22. The highest BCUT2D eigenvalue weighted by molar-refractivity contribution is 5.37. The topological polar surface area (TPSA) is 64.7 Å². The van der Waals surface area contributed by atoms with Gasteiger partial charge in [-0.3, -0.25) is 9.48 Å². The summed E-state index contributed by atoms with van der Waals surface area (Å²) >= 11 is 0. The smallest absolute Gasteiger partial charge is 0.269 e. The number of hydrogen-bond donors (Lipinski definition) is 1. The van der Waals surface area contributed by atoms with Gasteiger partial charge in [-0.25, -0.2) is 4.68 Å². The zero-order chi connectivity index (χ0) is 12.3. The zero-order valence-corrected chi connectivity index (χ0v) is 9.92. The molecule has 0 amide bonds. The molecule has 0 aliphatic rings. The predicted octanol–water partition coefficient (Wildman–Crippen LogP) is 0.550. The molecule has 0 aliphatic heterocycles. The van der Waals surface area contributed by atoms with Gasteiger partial charge in [0.1, 0.15) is 0 Å². The van der Waals surface area contributed by atoms with Crippen LogP contribution in [0, 0.1) is 0 Å². The van der Waals surface area contributed by atoms with Crippen molar-refractivity contribution in [2.24, 2.45) is 0 Å². The minimum atomic E-state index is -0.124. The van der Waals surface area contributed by atoms with Gasteiger partial charge in [-0.15, -0.1) is 0 Å². The van der Waals surface area contributed by atoms with Crippen LogP contribution in [-0.2, 0) is 13.1 Å². The third kappa shape index (κ3) is 2.52. The molecule has 0 bridgehead atoms. The molecule has 2 aromatic heterocycles. The van der Waals surface area contributed by atoms with E-state index in [0.29, 0.717) is 6.54 Å². The Bertz CT molecular complexity index is 557. The molecule has 2 aromatic rings. The van der Waals surface area contributed by atoms with Crippen LogP contribution in [0.25, 0.3) is 0 Å². The number of anilines is 1. The van der Waals surface area contributed by atoms with Gasteiger partial charge in [-0.1, -0.05) is 0 Å². The van der Waals surface area contributed by atoms with Gasteiger partial charge in [0.25, 0.3) is 5.56 Å². The number of aromatic nitrogens is 4. The van der Waals surface area contributed by atoms with E-state index in [2.05, 4.69) is 15.5 Å². The second-order valence-corrected chi connectivity index (χ2v) is 3.69. The monoisotopic (exact) mass is 233 g/mol. The molecule has 0 radical (unpaired) electrons. The summed E-state index contributed by atoms with van der Waals surface area (Å²) in [7, 11) is 1.76. The lowest BCUT2D eigenvalue weighted by Crippen LogP contribution is -2.22. The second kappa shape index (κ2) is 4.82. The van der Waals surface area contributed by atoms with Crippen molar-refractivity contribution in [3.8, 4) is 0 Å². The SMILES string of the molecule is CCn1cc(Cn2ncc(NC)cc2=O)cn1. The Balaban J connectivity index is 2.21. The predicted molar refractivity (Wildman–Crippen MR) is 65.0 cm³/mol. The lowest BCUT2D eigenvalue weighted by molar-refractivity contribution is 0.634. The summed E-state index contributed by atoms with van der Waals surface area (Å²) in [6.07, 6.45) is 5.30. The van der Waals surface area contributed by atoms with Gasteiger partial charge in [0.15, 0.2) is 0 Å². The van der Waals surface area contributed by atoms with Gasteiger partial charge in [-0.2, -0.15) is 10.2 Å². The first-order valence-corrected chi connectivity index (χ1v) is 5.49. The first-order chi connectivity index (χ1) is 8.22. The van der Waals surface area contributed by atoms with E-state index in [4.69, 9.17) is 0 Å². The molecule has 17 heavy (non-hydrogen) atoms. The Morgan fingerprint density at radius 3 is 2.76 bits per heavy atom. The molecule has 0 spiro atoms. The first-order valence-electron chi connectivity index (χ1n) is 5.49. The van der Waals surface area contributed by atoms with Crippen molar-refractivity contribution in [2.75, 3.05) is 12.4 Å². The summed E-state index contributed by atoms with van der Waals surface area (Å²) in [5, 5.41) is 11.1. The summed E-state index contributed by atoms with van der Waals surface area (Å²) in [5.41, 5.74) is 1.57. The maximum absolute atomic E-state index is 11.7. The van der Waals surface area contributed by atoms with E-state index in [1.807, 2.05) is 17.8 Å². The molecule has 0 saturated carbocycles. The Labute approximate surface area is 98.9 Å². The zero-order valence-electron chi connectivity index (χ0n) is 9.92. The van der Waals surface area contributed by atoms with Crippen LogP contribution in [-0.4, -0.2) is 26.6 Å². The van der Waals surface area contributed by atoms with Gasteiger partial charge in [-0.05, 0) is 6.92 Å². The number of aryl methyl sites for hydroxylation is 1. The van der Waals surface area contributed by atoms with Gasteiger partial charge < -0.3 is 5.32 Å². The van der Waals surface area contributed by atoms with Crippen LogP contribution in [0.15, 0.2) is 29.5 Å². The molecule has 0 atom stereocenters. The summed E-state index contributed by atoms with van der Waals surface area (Å²) in [5.74, 6) is 0. The maximum Gasteiger partial charge on any atom is 0.269 e. The van der Waals surface area contributed by atoms with Crippen molar-refractivity contribution in [3.05, 3.63) is 40.6 Å². The minimum Gasteiger partial charge on any atom is -0.387 e. The third-order valence-corrected chi connectivity index (χ3v) is 2.50. The van der Waals surface area contributed by atoms with Crippen molar-refractivity contribution in [2.45, 2.75) is 20.0 Å². The third-order valence-electron chi connectivity index (χ3n) is 2.50. The fourth-order valence-corrected chi connectivity index (χ4v) is 1.52. The Morgan fingerprint density at radius 2 is 2.18 bits per heavy atom. The normalized spacial score (nSPS) is 10.5. The number of nitrogens with zero attached hydrogens (tertiary/aromatic N) is 4. The van der Waals surface area contributed by atoms with Crippen LogP contribution in [0.5, 0.6) is 0 Å². The van der Waals surface area contributed by atoms with E-state index in [-0.39, 0.29) is 5.56 Å². The fourth-order valence-electron chi connectivity index (χ4n) is 1.52. The maximum atomic E-state index is 11.7. The van der Waals surface area contributed by atoms with E-state index < -0.39 is 0 Å².